The second kappa shape index (κ2) is 4.47. The molecular weight excluding hydrogens is 236 g/mol. The molecule has 0 radical (unpaired) electrons. The first-order chi connectivity index (χ1) is 8.04. The van der Waals surface area contributed by atoms with Gasteiger partial charge in [0, 0.05) is 0 Å². The molecule has 90 valence electrons. The Labute approximate surface area is 101 Å². The molecule has 1 N–H and O–H groups in total. The van der Waals surface area contributed by atoms with Crippen molar-refractivity contribution in [3.63, 3.8) is 0 Å². The molecule has 0 heterocycles. The predicted molar refractivity (Wildman–Crippen MR) is 67.8 cm³/mol. The zero-order chi connectivity index (χ0) is 12.5. The summed E-state index contributed by atoms with van der Waals surface area (Å²) in [5.41, 5.74) is 0.702. The molecule has 0 fully saturated rings. The summed E-state index contributed by atoms with van der Waals surface area (Å²) in [4.78, 5) is 0.0260. The van der Waals surface area contributed by atoms with Crippen LogP contribution >= 0.6 is 0 Å². The minimum Gasteiger partial charge on any atom is -0.282 e. The minimum atomic E-state index is -4.15. The fraction of sp³-hybridized carbons (Fsp3) is 0.231. The summed E-state index contributed by atoms with van der Waals surface area (Å²) in [5, 5.41) is 1.88. The van der Waals surface area contributed by atoms with E-state index < -0.39 is 10.1 Å². The van der Waals surface area contributed by atoms with E-state index in [2.05, 4.69) is 0 Å². The highest BCUT2D eigenvalue weighted by molar-refractivity contribution is 7.85. The Balaban J connectivity index is 2.82. The Morgan fingerprint density at radius 2 is 1.82 bits per heavy atom. The van der Waals surface area contributed by atoms with E-state index in [4.69, 9.17) is 0 Å². The van der Waals surface area contributed by atoms with Gasteiger partial charge in [-0.25, -0.2) is 0 Å². The number of fused-ring (bicyclic) bond motifs is 1. The fourth-order valence-corrected chi connectivity index (χ4v) is 2.83. The third kappa shape index (κ3) is 2.33. The van der Waals surface area contributed by atoms with Crippen LogP contribution in [-0.2, 0) is 16.5 Å². The van der Waals surface area contributed by atoms with Crippen molar-refractivity contribution in [2.24, 2.45) is 0 Å². The SMILES string of the molecule is CCCc1c(S(=O)(=O)O)ccc2ccccc12. The van der Waals surface area contributed by atoms with Crippen LogP contribution in [0.3, 0.4) is 0 Å². The van der Waals surface area contributed by atoms with E-state index in [1.165, 1.54) is 6.07 Å². The molecule has 0 aliphatic heterocycles. The van der Waals surface area contributed by atoms with E-state index in [0.717, 1.165) is 17.2 Å². The quantitative estimate of drug-likeness (QED) is 0.852. The lowest BCUT2D eigenvalue weighted by molar-refractivity contribution is 0.482. The van der Waals surface area contributed by atoms with Gasteiger partial charge in [-0.15, -0.1) is 0 Å². The number of benzene rings is 2. The smallest absolute Gasteiger partial charge is 0.282 e. The summed E-state index contributed by atoms with van der Waals surface area (Å²) in [6.07, 6.45) is 1.47. The molecule has 3 nitrogen and oxygen atoms in total. The minimum absolute atomic E-state index is 0.0260. The first-order valence-corrected chi connectivity index (χ1v) is 6.96. The molecule has 2 aromatic carbocycles. The van der Waals surface area contributed by atoms with Crippen molar-refractivity contribution in [1.82, 2.24) is 0 Å². The van der Waals surface area contributed by atoms with E-state index in [9.17, 15) is 13.0 Å². The van der Waals surface area contributed by atoms with Crippen molar-refractivity contribution >= 4 is 20.9 Å². The van der Waals surface area contributed by atoms with E-state index >= 15 is 0 Å². The first-order valence-electron chi connectivity index (χ1n) is 5.52. The van der Waals surface area contributed by atoms with Crippen LogP contribution in [0.1, 0.15) is 18.9 Å². The maximum atomic E-state index is 11.3. The molecule has 0 atom stereocenters. The molecule has 0 spiro atoms. The first kappa shape index (κ1) is 12.1. The van der Waals surface area contributed by atoms with Gasteiger partial charge in [-0.1, -0.05) is 43.7 Å². The number of rotatable bonds is 3. The van der Waals surface area contributed by atoms with Gasteiger partial charge in [-0.3, -0.25) is 4.55 Å². The zero-order valence-electron chi connectivity index (χ0n) is 9.55. The lowest BCUT2D eigenvalue weighted by Gasteiger charge is -2.10. The van der Waals surface area contributed by atoms with Crippen LogP contribution in [0.25, 0.3) is 10.8 Å². The Morgan fingerprint density at radius 1 is 1.12 bits per heavy atom. The van der Waals surface area contributed by atoms with Gasteiger partial charge in [0.15, 0.2) is 0 Å². The standard InChI is InChI=1S/C13H14O3S/c1-2-5-12-11-7-4-3-6-10(11)8-9-13(12)17(14,15)16/h3-4,6-9H,2,5H2,1H3,(H,14,15,16). The van der Waals surface area contributed by atoms with Gasteiger partial charge in [0.1, 0.15) is 0 Å². The Morgan fingerprint density at radius 3 is 2.47 bits per heavy atom. The largest absolute Gasteiger partial charge is 0.294 e. The normalized spacial score (nSPS) is 11.9. The summed E-state index contributed by atoms with van der Waals surface area (Å²) in [7, 11) is -4.15. The summed E-state index contributed by atoms with van der Waals surface area (Å²) >= 11 is 0. The van der Waals surface area contributed by atoms with Crippen molar-refractivity contribution in [3.8, 4) is 0 Å². The molecule has 0 aliphatic carbocycles. The van der Waals surface area contributed by atoms with Crippen molar-refractivity contribution in [1.29, 1.82) is 0 Å². The lowest BCUT2D eigenvalue weighted by Crippen LogP contribution is -2.03. The molecule has 0 aromatic heterocycles. The highest BCUT2D eigenvalue weighted by Gasteiger charge is 2.16. The molecule has 0 saturated carbocycles. The Bertz CT molecular complexity index is 645. The third-order valence-electron chi connectivity index (χ3n) is 2.78. The van der Waals surface area contributed by atoms with Gasteiger partial charge in [-0.2, -0.15) is 8.42 Å². The number of aryl methyl sites for hydroxylation is 1. The van der Waals surface area contributed by atoms with E-state index in [0.29, 0.717) is 12.0 Å². The molecule has 0 amide bonds. The van der Waals surface area contributed by atoms with Gasteiger partial charge in [0.05, 0.1) is 4.90 Å². The average Bonchev–Trinajstić information content (AvgIpc) is 2.28. The van der Waals surface area contributed by atoms with Crippen LogP contribution in [0, 0.1) is 0 Å². The Kier molecular flexibility index (Phi) is 3.17. The molecular formula is C13H14O3S. The number of hydrogen-bond donors (Lipinski definition) is 1. The van der Waals surface area contributed by atoms with E-state index in [1.807, 2.05) is 31.2 Å². The molecule has 17 heavy (non-hydrogen) atoms. The fourth-order valence-electron chi connectivity index (χ4n) is 2.07. The molecule has 4 heteroatoms. The van der Waals surface area contributed by atoms with Crippen molar-refractivity contribution in [3.05, 3.63) is 42.0 Å². The van der Waals surface area contributed by atoms with Gasteiger partial charge in [0.2, 0.25) is 0 Å². The molecule has 0 aliphatic rings. The summed E-state index contributed by atoms with van der Waals surface area (Å²) in [5.74, 6) is 0. The van der Waals surface area contributed by atoms with Crippen LogP contribution < -0.4 is 0 Å². The molecule has 0 bridgehead atoms. The van der Waals surface area contributed by atoms with Crippen molar-refractivity contribution < 1.29 is 13.0 Å². The average molecular weight is 250 g/mol. The zero-order valence-corrected chi connectivity index (χ0v) is 10.4. The molecule has 2 rings (SSSR count). The van der Waals surface area contributed by atoms with Crippen LogP contribution in [-0.4, -0.2) is 13.0 Å². The lowest BCUT2D eigenvalue weighted by atomic mass is 10.0. The summed E-state index contributed by atoms with van der Waals surface area (Å²) in [6.45, 7) is 1.98. The molecule has 0 unspecified atom stereocenters. The van der Waals surface area contributed by atoms with Crippen LogP contribution in [0.5, 0.6) is 0 Å². The monoisotopic (exact) mass is 250 g/mol. The maximum absolute atomic E-state index is 11.3. The van der Waals surface area contributed by atoms with Crippen LogP contribution in [0.4, 0.5) is 0 Å². The maximum Gasteiger partial charge on any atom is 0.294 e. The van der Waals surface area contributed by atoms with Crippen LogP contribution in [0.2, 0.25) is 0 Å². The summed E-state index contributed by atoms with van der Waals surface area (Å²) < 4.78 is 31.9. The topological polar surface area (TPSA) is 54.4 Å². The van der Waals surface area contributed by atoms with Gasteiger partial charge in [0.25, 0.3) is 10.1 Å². The second-order valence-electron chi connectivity index (χ2n) is 3.99. The van der Waals surface area contributed by atoms with Gasteiger partial charge in [-0.05, 0) is 28.8 Å². The molecule has 2 aromatic rings. The Hall–Kier alpha value is -1.39. The highest BCUT2D eigenvalue weighted by Crippen LogP contribution is 2.26. The third-order valence-corrected chi connectivity index (χ3v) is 3.71. The van der Waals surface area contributed by atoms with Crippen molar-refractivity contribution in [2.75, 3.05) is 0 Å². The predicted octanol–water partition coefficient (Wildman–Crippen LogP) is 3.04. The van der Waals surface area contributed by atoms with Crippen molar-refractivity contribution in [2.45, 2.75) is 24.7 Å². The highest BCUT2D eigenvalue weighted by atomic mass is 32.2. The van der Waals surface area contributed by atoms with E-state index in [1.54, 1.807) is 6.07 Å². The van der Waals surface area contributed by atoms with Gasteiger partial charge >= 0.3 is 0 Å². The van der Waals surface area contributed by atoms with E-state index in [-0.39, 0.29) is 4.90 Å². The molecule has 0 saturated heterocycles. The number of hydrogen-bond acceptors (Lipinski definition) is 2. The summed E-state index contributed by atoms with van der Waals surface area (Å²) in [6, 6.07) is 10.8. The van der Waals surface area contributed by atoms with Gasteiger partial charge < -0.3 is 0 Å². The van der Waals surface area contributed by atoms with Crippen LogP contribution in [0.15, 0.2) is 41.3 Å². The second-order valence-corrected chi connectivity index (χ2v) is 5.38.